The molecule has 0 N–H and O–H groups in total. The maximum absolute atomic E-state index is 2.38. The third-order valence-electron chi connectivity index (χ3n) is 2.80. The zero-order chi connectivity index (χ0) is 12.4. The standard InChI is InChI=1S/C15H25P/c1-14(2,3)16(15(4,5)6)12-13-10-8-7-9-11-13/h7-11H,12H2,1-6H3. The molecule has 0 aromatic heterocycles. The van der Waals surface area contributed by atoms with Gasteiger partial charge in [0.1, 0.15) is 0 Å². The monoisotopic (exact) mass is 236 g/mol. The second kappa shape index (κ2) is 4.88. The molecule has 0 unspecified atom stereocenters. The molecule has 0 saturated carbocycles. The van der Waals surface area contributed by atoms with Gasteiger partial charge in [-0.15, -0.1) is 0 Å². The first-order valence-corrected chi connectivity index (χ1v) is 7.55. The average molecular weight is 236 g/mol. The van der Waals surface area contributed by atoms with Gasteiger partial charge in [0.15, 0.2) is 0 Å². The Balaban J connectivity index is 2.89. The Kier molecular flexibility index (Phi) is 4.18. The minimum Gasteiger partial charge on any atom is -0.0911 e. The van der Waals surface area contributed by atoms with Crippen molar-refractivity contribution >= 4 is 7.92 Å². The van der Waals surface area contributed by atoms with Crippen LogP contribution in [0.25, 0.3) is 0 Å². The SMILES string of the molecule is CC(C)(C)P(Cc1ccccc1)C(C)(C)C. The number of hydrogen-bond donors (Lipinski definition) is 0. The highest BCUT2D eigenvalue weighted by molar-refractivity contribution is 7.60. The molecule has 16 heavy (non-hydrogen) atoms. The molecular formula is C15H25P. The van der Waals surface area contributed by atoms with Crippen LogP contribution in [0.4, 0.5) is 0 Å². The molecule has 1 aromatic carbocycles. The van der Waals surface area contributed by atoms with Gasteiger partial charge in [-0.2, -0.15) is 0 Å². The van der Waals surface area contributed by atoms with Crippen LogP contribution in [0.3, 0.4) is 0 Å². The van der Waals surface area contributed by atoms with E-state index < -0.39 is 0 Å². The highest BCUT2D eigenvalue weighted by atomic mass is 31.1. The highest BCUT2D eigenvalue weighted by Gasteiger charge is 2.33. The van der Waals surface area contributed by atoms with E-state index in [-0.39, 0.29) is 7.92 Å². The van der Waals surface area contributed by atoms with Gasteiger partial charge in [0.25, 0.3) is 0 Å². The summed E-state index contributed by atoms with van der Waals surface area (Å²) in [5.41, 5.74) is 1.48. The van der Waals surface area contributed by atoms with Gasteiger partial charge >= 0.3 is 0 Å². The Bertz CT molecular complexity index is 300. The van der Waals surface area contributed by atoms with Crippen LogP contribution in [0.5, 0.6) is 0 Å². The van der Waals surface area contributed by atoms with Crippen LogP contribution < -0.4 is 0 Å². The molecule has 90 valence electrons. The van der Waals surface area contributed by atoms with Gasteiger partial charge in [0.2, 0.25) is 0 Å². The fraction of sp³-hybridized carbons (Fsp3) is 0.600. The first-order chi connectivity index (χ1) is 7.21. The highest BCUT2D eigenvalue weighted by Crippen LogP contribution is 2.61. The summed E-state index contributed by atoms with van der Waals surface area (Å²) in [7, 11) is -0.0190. The summed E-state index contributed by atoms with van der Waals surface area (Å²) in [4.78, 5) is 0. The third-order valence-corrected chi connectivity index (χ3v) is 6.72. The molecule has 1 heteroatoms. The largest absolute Gasteiger partial charge is 0.0911 e. The molecule has 0 saturated heterocycles. The number of benzene rings is 1. The maximum atomic E-state index is 2.38. The number of hydrogen-bond acceptors (Lipinski definition) is 0. The predicted octanol–water partition coefficient (Wildman–Crippen LogP) is 5.27. The van der Waals surface area contributed by atoms with E-state index in [0.717, 1.165) is 0 Å². The summed E-state index contributed by atoms with van der Waals surface area (Å²) in [5, 5.41) is 0.840. The van der Waals surface area contributed by atoms with Gasteiger partial charge in [0, 0.05) is 0 Å². The van der Waals surface area contributed by atoms with Crippen molar-refractivity contribution in [1.29, 1.82) is 0 Å². The van der Waals surface area contributed by atoms with E-state index in [1.807, 2.05) is 0 Å². The first kappa shape index (κ1) is 13.7. The van der Waals surface area contributed by atoms with E-state index in [1.54, 1.807) is 0 Å². The van der Waals surface area contributed by atoms with Gasteiger partial charge < -0.3 is 0 Å². The topological polar surface area (TPSA) is 0 Å². The van der Waals surface area contributed by atoms with E-state index in [9.17, 15) is 0 Å². The van der Waals surface area contributed by atoms with Crippen molar-refractivity contribution in [3.8, 4) is 0 Å². The fourth-order valence-corrected chi connectivity index (χ4v) is 5.78. The van der Waals surface area contributed by atoms with Crippen LogP contribution in [0, 0.1) is 0 Å². The van der Waals surface area contributed by atoms with Gasteiger partial charge in [0.05, 0.1) is 0 Å². The molecule has 0 aliphatic rings. The first-order valence-electron chi connectivity index (χ1n) is 6.03. The molecule has 0 spiro atoms. The maximum Gasteiger partial charge on any atom is -0.00637 e. The molecule has 0 fully saturated rings. The van der Waals surface area contributed by atoms with Crippen LogP contribution in [0.1, 0.15) is 47.1 Å². The zero-order valence-electron chi connectivity index (χ0n) is 11.5. The number of rotatable bonds is 2. The summed E-state index contributed by atoms with van der Waals surface area (Å²) in [6.45, 7) is 14.3. The Morgan fingerprint density at radius 1 is 0.812 bits per heavy atom. The summed E-state index contributed by atoms with van der Waals surface area (Å²) in [6, 6.07) is 10.9. The lowest BCUT2D eigenvalue weighted by Gasteiger charge is -2.41. The van der Waals surface area contributed by atoms with Crippen molar-refractivity contribution in [1.82, 2.24) is 0 Å². The van der Waals surface area contributed by atoms with E-state index in [0.29, 0.717) is 10.3 Å². The molecule has 0 atom stereocenters. The fourth-order valence-electron chi connectivity index (χ4n) is 2.25. The Hall–Kier alpha value is -0.350. The van der Waals surface area contributed by atoms with Crippen LogP contribution in [0.2, 0.25) is 0 Å². The van der Waals surface area contributed by atoms with Crippen molar-refractivity contribution in [2.75, 3.05) is 0 Å². The van der Waals surface area contributed by atoms with Gasteiger partial charge in [-0.1, -0.05) is 79.8 Å². The van der Waals surface area contributed by atoms with Crippen molar-refractivity contribution in [3.05, 3.63) is 35.9 Å². The summed E-state index contributed by atoms with van der Waals surface area (Å²) >= 11 is 0. The Labute approximate surface area is 102 Å². The van der Waals surface area contributed by atoms with E-state index in [1.165, 1.54) is 11.7 Å². The molecule has 0 nitrogen and oxygen atoms in total. The van der Waals surface area contributed by atoms with Crippen LogP contribution >= 0.6 is 7.92 Å². The zero-order valence-corrected chi connectivity index (χ0v) is 12.4. The lowest BCUT2D eigenvalue weighted by Crippen LogP contribution is -2.25. The predicted molar refractivity (Wildman–Crippen MR) is 76.6 cm³/mol. The molecule has 1 rings (SSSR count). The second-order valence-corrected chi connectivity index (χ2v) is 10.3. The molecule has 0 heterocycles. The Morgan fingerprint density at radius 3 is 1.62 bits per heavy atom. The molecule has 0 aliphatic carbocycles. The van der Waals surface area contributed by atoms with Crippen LogP contribution in [-0.2, 0) is 6.16 Å². The van der Waals surface area contributed by atoms with E-state index in [4.69, 9.17) is 0 Å². The van der Waals surface area contributed by atoms with E-state index in [2.05, 4.69) is 71.9 Å². The van der Waals surface area contributed by atoms with Crippen molar-refractivity contribution in [2.45, 2.75) is 58.0 Å². The summed E-state index contributed by atoms with van der Waals surface area (Å²) in [6.07, 6.45) is 1.24. The van der Waals surface area contributed by atoms with Crippen molar-refractivity contribution in [2.24, 2.45) is 0 Å². The van der Waals surface area contributed by atoms with Gasteiger partial charge in [-0.05, 0) is 22.0 Å². The normalized spacial score (nSPS) is 13.2. The molecule has 1 aromatic rings. The minimum atomic E-state index is -0.0190. The minimum absolute atomic E-state index is 0.0190. The smallest absolute Gasteiger partial charge is 0.00637 e. The third kappa shape index (κ3) is 3.91. The van der Waals surface area contributed by atoms with Crippen molar-refractivity contribution < 1.29 is 0 Å². The van der Waals surface area contributed by atoms with Gasteiger partial charge in [-0.25, -0.2) is 0 Å². The molecule has 0 amide bonds. The molecule has 0 bridgehead atoms. The van der Waals surface area contributed by atoms with Crippen molar-refractivity contribution in [3.63, 3.8) is 0 Å². The molecule has 0 aliphatic heterocycles. The molecule has 0 radical (unpaired) electrons. The van der Waals surface area contributed by atoms with Crippen LogP contribution in [0.15, 0.2) is 30.3 Å². The van der Waals surface area contributed by atoms with E-state index >= 15 is 0 Å². The van der Waals surface area contributed by atoms with Crippen LogP contribution in [-0.4, -0.2) is 10.3 Å². The summed E-state index contributed by atoms with van der Waals surface area (Å²) in [5.74, 6) is 0. The lowest BCUT2D eigenvalue weighted by atomic mass is 10.2. The Morgan fingerprint density at radius 2 is 1.25 bits per heavy atom. The summed E-state index contributed by atoms with van der Waals surface area (Å²) < 4.78 is 0. The molecular weight excluding hydrogens is 211 g/mol. The second-order valence-electron chi connectivity index (χ2n) is 6.41. The average Bonchev–Trinajstić information content (AvgIpc) is 2.12. The van der Waals surface area contributed by atoms with Gasteiger partial charge in [-0.3, -0.25) is 0 Å². The quantitative estimate of drug-likeness (QED) is 0.614. The lowest BCUT2D eigenvalue weighted by molar-refractivity contribution is 0.702.